The maximum Gasteiger partial charge on any atom is 0.335 e. The monoisotopic (exact) mass is 236 g/mol. The summed E-state index contributed by atoms with van der Waals surface area (Å²) in [6, 6.07) is 1.31. The molecule has 0 radical (unpaired) electrons. The van der Waals surface area contributed by atoms with Gasteiger partial charge in [-0.2, -0.15) is 0 Å². The average Bonchev–Trinajstić information content (AvgIpc) is 2.73. The molecule has 15 heavy (non-hydrogen) atoms. The Morgan fingerprint density at radius 1 is 1.20 bits per heavy atom. The molecule has 0 saturated carbocycles. The molecule has 0 saturated heterocycles. The molecule has 0 aromatic carbocycles. The molecule has 0 bridgehead atoms. The lowest BCUT2D eigenvalue weighted by molar-refractivity contribution is -0.165. The van der Waals surface area contributed by atoms with Gasteiger partial charge in [-0.25, -0.2) is 14.3 Å². The summed E-state index contributed by atoms with van der Waals surface area (Å²) in [4.78, 5) is 19.5. The molecule has 1 rings (SSSR count). The van der Waals surface area contributed by atoms with Crippen molar-refractivity contribution in [1.29, 1.82) is 0 Å². The summed E-state index contributed by atoms with van der Waals surface area (Å²) < 4.78 is 3.92. The molecule has 86 valence electrons. The molecule has 9 heteroatoms. The van der Waals surface area contributed by atoms with Crippen molar-refractivity contribution in [2.75, 3.05) is 6.54 Å². The summed E-state index contributed by atoms with van der Waals surface area (Å²) in [6.07, 6.45) is -4.53. The fraction of sp³-hybridized carbons (Fsp3) is 0.667. The van der Waals surface area contributed by atoms with Crippen LogP contribution in [0.2, 0.25) is 6.04 Å². The van der Waals surface area contributed by atoms with Gasteiger partial charge in [0.15, 0.2) is 12.2 Å². The van der Waals surface area contributed by atoms with Gasteiger partial charge in [-0.05, 0) is 6.04 Å². The van der Waals surface area contributed by atoms with E-state index in [1.807, 2.05) is 0 Å². The quantitative estimate of drug-likeness (QED) is 0.339. The predicted octanol–water partition coefficient (Wildman–Crippen LogP) is -2.58. The van der Waals surface area contributed by atoms with Crippen LogP contribution in [0.5, 0.6) is 0 Å². The average molecular weight is 236 g/mol. The van der Waals surface area contributed by atoms with Crippen molar-refractivity contribution in [3.8, 4) is 0 Å². The lowest BCUT2D eigenvalue weighted by Gasteiger charge is -2.07. The van der Waals surface area contributed by atoms with Crippen molar-refractivity contribution >= 4 is 21.3 Å². The molecule has 8 nitrogen and oxygen atoms in total. The number of aliphatic hydroxyl groups excluding tert-OH is 2. The third-order valence-electron chi connectivity index (χ3n) is 1.37. The summed E-state index contributed by atoms with van der Waals surface area (Å²) in [5.41, 5.74) is 2.88. The summed E-state index contributed by atoms with van der Waals surface area (Å²) in [6.45, 7) is 1.12. The molecule has 1 aliphatic heterocycles. The van der Waals surface area contributed by atoms with Crippen LogP contribution in [0.25, 0.3) is 0 Å². The van der Waals surface area contributed by atoms with Crippen LogP contribution in [0.3, 0.4) is 0 Å². The fourth-order valence-corrected chi connectivity index (χ4v) is 1.24. The first-order valence-electron chi connectivity index (χ1n) is 4.03. The molecule has 0 aliphatic carbocycles. The lowest BCUT2D eigenvalue weighted by atomic mass is 10.2. The molecular formula is C6H12N2O6Si. The van der Waals surface area contributed by atoms with E-state index in [0.717, 1.165) is 6.54 Å². The van der Waals surface area contributed by atoms with E-state index in [4.69, 9.17) is 20.4 Å². The second-order valence-corrected chi connectivity index (χ2v) is 3.78. The Kier molecular flexibility index (Phi) is 6.41. The molecule has 0 aromatic rings. The first-order valence-corrected chi connectivity index (χ1v) is 5.36. The van der Waals surface area contributed by atoms with Crippen LogP contribution in [0, 0.1) is 0 Å². The standard InChI is InChI=1S/C4H6O6.C2H6N2Si/c5-1(3(7)8)2(6)4(9)10;1-2-5-4-3-1/h1-2,5-6H,(H,7,8)(H,9,10);3,5H,1-2H2/t1-,2-;/m0./s1. The minimum absolute atomic E-state index is 0.440. The van der Waals surface area contributed by atoms with Gasteiger partial charge in [0.25, 0.3) is 0 Å². The smallest absolute Gasteiger partial charge is 0.335 e. The van der Waals surface area contributed by atoms with Crippen LogP contribution >= 0.6 is 0 Å². The van der Waals surface area contributed by atoms with Gasteiger partial charge in [-0.1, -0.05) is 0 Å². The Morgan fingerprint density at radius 2 is 1.67 bits per heavy atom. The number of hydrogen-bond acceptors (Lipinski definition) is 6. The summed E-state index contributed by atoms with van der Waals surface area (Å²) in [5.74, 6) is -3.54. The molecule has 0 unspecified atom stereocenters. The first kappa shape index (κ1) is 13.7. The highest BCUT2D eigenvalue weighted by molar-refractivity contribution is 6.22. The number of carboxylic acid groups (broad SMARTS) is 2. The Labute approximate surface area is 87.1 Å². The second kappa shape index (κ2) is 7.03. The summed E-state index contributed by atoms with van der Waals surface area (Å²) in [7, 11) is 0.440. The zero-order chi connectivity index (χ0) is 11.8. The zero-order valence-corrected chi connectivity index (χ0v) is 8.85. The number of nitrogens with one attached hydrogen (secondary N) is 1. The van der Waals surface area contributed by atoms with E-state index in [2.05, 4.69) is 10.2 Å². The maximum atomic E-state index is 9.77. The number of nitrogens with zero attached hydrogens (tertiary/aromatic N) is 1. The molecule has 0 spiro atoms. The third kappa shape index (κ3) is 5.88. The van der Waals surface area contributed by atoms with E-state index in [9.17, 15) is 9.59 Å². The largest absolute Gasteiger partial charge is 0.479 e. The van der Waals surface area contributed by atoms with Crippen molar-refractivity contribution in [3.05, 3.63) is 0 Å². The highest BCUT2D eigenvalue weighted by Crippen LogP contribution is 1.92. The Morgan fingerprint density at radius 3 is 1.80 bits per heavy atom. The molecule has 0 fully saturated rings. The molecule has 1 aliphatic rings. The van der Waals surface area contributed by atoms with E-state index in [0.29, 0.717) is 9.31 Å². The van der Waals surface area contributed by atoms with Gasteiger partial charge in [0.2, 0.25) is 0 Å². The van der Waals surface area contributed by atoms with Crippen molar-refractivity contribution < 1.29 is 30.0 Å². The van der Waals surface area contributed by atoms with Gasteiger partial charge in [0.05, 0.1) is 0 Å². The normalized spacial score (nSPS) is 16.9. The molecule has 0 amide bonds. The zero-order valence-electron chi connectivity index (χ0n) is 7.70. The predicted molar refractivity (Wildman–Crippen MR) is 49.7 cm³/mol. The SMILES string of the molecule is C1C[SiH]=NN1.O=C(O)[C@@H](O)[C@H](O)C(=O)O. The number of aliphatic hydroxyl groups is 2. The lowest BCUT2D eigenvalue weighted by Crippen LogP contribution is -2.39. The van der Waals surface area contributed by atoms with Gasteiger partial charge in [0, 0.05) is 6.54 Å². The van der Waals surface area contributed by atoms with Crippen LogP contribution in [0.4, 0.5) is 0 Å². The Bertz CT molecular complexity index is 234. The van der Waals surface area contributed by atoms with Crippen LogP contribution in [-0.4, -0.2) is 60.4 Å². The molecule has 2 atom stereocenters. The highest BCUT2D eigenvalue weighted by Gasteiger charge is 2.29. The van der Waals surface area contributed by atoms with E-state index in [1.54, 1.807) is 0 Å². The van der Waals surface area contributed by atoms with Crippen LogP contribution < -0.4 is 5.43 Å². The molecular weight excluding hydrogens is 224 g/mol. The molecule has 1 heterocycles. The van der Waals surface area contributed by atoms with Crippen LogP contribution in [-0.2, 0) is 9.59 Å². The minimum atomic E-state index is -2.27. The number of carboxylic acids is 2. The maximum absolute atomic E-state index is 9.77. The van der Waals surface area contributed by atoms with Crippen molar-refractivity contribution in [3.63, 3.8) is 0 Å². The Balaban J connectivity index is 0.000000322. The highest BCUT2D eigenvalue weighted by atomic mass is 28.2. The minimum Gasteiger partial charge on any atom is -0.479 e. The van der Waals surface area contributed by atoms with E-state index in [-0.39, 0.29) is 0 Å². The number of carbonyl (C=O) groups is 2. The Hall–Kier alpha value is -1.32. The van der Waals surface area contributed by atoms with Crippen molar-refractivity contribution in [2.45, 2.75) is 18.3 Å². The number of hydrogen-bond donors (Lipinski definition) is 5. The summed E-state index contributed by atoms with van der Waals surface area (Å²) >= 11 is 0. The third-order valence-corrected chi connectivity index (χ3v) is 2.28. The van der Waals surface area contributed by atoms with Gasteiger partial charge in [0.1, 0.15) is 9.31 Å². The molecule has 0 aromatic heterocycles. The van der Waals surface area contributed by atoms with E-state index < -0.39 is 24.1 Å². The van der Waals surface area contributed by atoms with Crippen molar-refractivity contribution in [2.24, 2.45) is 4.74 Å². The topological polar surface area (TPSA) is 139 Å². The van der Waals surface area contributed by atoms with E-state index >= 15 is 0 Å². The second-order valence-electron chi connectivity index (χ2n) is 2.57. The first-order chi connectivity index (χ1) is 6.96. The van der Waals surface area contributed by atoms with Gasteiger partial charge < -0.3 is 25.9 Å². The van der Waals surface area contributed by atoms with Gasteiger partial charge >= 0.3 is 11.9 Å². The fourth-order valence-electron chi connectivity index (χ4n) is 0.593. The molecule has 5 N–H and O–H groups in total. The number of aliphatic carboxylic acids is 2. The van der Waals surface area contributed by atoms with E-state index in [1.165, 1.54) is 6.04 Å². The van der Waals surface area contributed by atoms with Gasteiger partial charge in [-0.3, -0.25) is 0 Å². The van der Waals surface area contributed by atoms with Crippen molar-refractivity contribution in [1.82, 2.24) is 5.43 Å². The van der Waals surface area contributed by atoms with Crippen LogP contribution in [0.15, 0.2) is 4.74 Å². The summed E-state index contributed by atoms with van der Waals surface area (Å²) in [5, 5.41) is 32.5. The number of rotatable bonds is 3. The van der Waals surface area contributed by atoms with Gasteiger partial charge in [-0.15, -0.1) is 0 Å². The van der Waals surface area contributed by atoms with Crippen LogP contribution in [0.1, 0.15) is 0 Å².